The smallest absolute Gasteiger partial charge is 0.308 e. The molecular weight excluding hydrogens is 260 g/mol. The van der Waals surface area contributed by atoms with Crippen molar-refractivity contribution < 1.29 is 23.7 Å². The molecule has 120 valence electrons. The standard InChI is InChI=1S/C15H30O5/c1-13(12-15(2,3)4)14(16)20-11-10-19-9-8-18-7-6-17-5/h13H,6-12H2,1-5H3/t13-/m0/s1. The minimum absolute atomic E-state index is 0.0765. The third-order valence-corrected chi connectivity index (χ3v) is 2.60. The van der Waals surface area contributed by atoms with Gasteiger partial charge in [-0.2, -0.15) is 0 Å². The van der Waals surface area contributed by atoms with Crippen molar-refractivity contribution in [3.05, 3.63) is 0 Å². The van der Waals surface area contributed by atoms with Crippen molar-refractivity contribution in [2.45, 2.75) is 34.1 Å². The molecule has 0 bridgehead atoms. The summed E-state index contributed by atoms with van der Waals surface area (Å²) in [7, 11) is 1.63. The van der Waals surface area contributed by atoms with Gasteiger partial charge < -0.3 is 18.9 Å². The van der Waals surface area contributed by atoms with Crippen molar-refractivity contribution in [3.63, 3.8) is 0 Å². The summed E-state index contributed by atoms with van der Waals surface area (Å²) in [5.74, 6) is -0.229. The number of esters is 1. The average Bonchev–Trinajstić information content (AvgIpc) is 2.34. The summed E-state index contributed by atoms with van der Waals surface area (Å²) in [6.07, 6.45) is 0.819. The minimum Gasteiger partial charge on any atom is -0.463 e. The Morgan fingerprint density at radius 2 is 1.45 bits per heavy atom. The first-order valence-electron chi connectivity index (χ1n) is 7.18. The minimum atomic E-state index is -0.153. The zero-order valence-electron chi connectivity index (χ0n) is 13.6. The van der Waals surface area contributed by atoms with Crippen LogP contribution in [0.15, 0.2) is 0 Å². The quantitative estimate of drug-likeness (QED) is 0.431. The maximum Gasteiger partial charge on any atom is 0.308 e. The summed E-state index contributed by atoms with van der Waals surface area (Å²) >= 11 is 0. The highest BCUT2D eigenvalue weighted by molar-refractivity contribution is 5.72. The lowest BCUT2D eigenvalue weighted by Crippen LogP contribution is -2.22. The normalized spacial score (nSPS) is 13.2. The van der Waals surface area contributed by atoms with Gasteiger partial charge in [0.25, 0.3) is 0 Å². The van der Waals surface area contributed by atoms with Crippen LogP contribution in [0.4, 0.5) is 0 Å². The molecule has 0 aliphatic heterocycles. The predicted octanol–water partition coefficient (Wildman–Crippen LogP) is 2.28. The van der Waals surface area contributed by atoms with Crippen molar-refractivity contribution in [1.82, 2.24) is 0 Å². The second kappa shape index (κ2) is 11.1. The van der Waals surface area contributed by atoms with Crippen LogP contribution in [-0.2, 0) is 23.7 Å². The lowest BCUT2D eigenvalue weighted by molar-refractivity contribution is -0.150. The van der Waals surface area contributed by atoms with Crippen molar-refractivity contribution in [3.8, 4) is 0 Å². The van der Waals surface area contributed by atoms with E-state index in [1.807, 2.05) is 6.92 Å². The fourth-order valence-electron chi connectivity index (χ4n) is 1.81. The van der Waals surface area contributed by atoms with Crippen LogP contribution in [0, 0.1) is 11.3 Å². The van der Waals surface area contributed by atoms with E-state index < -0.39 is 0 Å². The van der Waals surface area contributed by atoms with Gasteiger partial charge in [-0.25, -0.2) is 0 Å². The summed E-state index contributed by atoms with van der Waals surface area (Å²) < 4.78 is 20.6. The molecule has 0 unspecified atom stereocenters. The predicted molar refractivity (Wildman–Crippen MR) is 77.7 cm³/mol. The Morgan fingerprint density at radius 1 is 0.950 bits per heavy atom. The number of carbonyl (C=O) groups is 1. The number of hydrogen-bond donors (Lipinski definition) is 0. The van der Waals surface area contributed by atoms with E-state index in [1.165, 1.54) is 0 Å². The van der Waals surface area contributed by atoms with Crippen LogP contribution in [0.25, 0.3) is 0 Å². The summed E-state index contributed by atoms with van der Waals surface area (Å²) in [5, 5.41) is 0. The van der Waals surface area contributed by atoms with Crippen LogP contribution < -0.4 is 0 Å². The molecule has 0 aromatic rings. The van der Waals surface area contributed by atoms with Gasteiger partial charge in [0.1, 0.15) is 6.61 Å². The number of carbonyl (C=O) groups excluding carboxylic acids is 1. The Morgan fingerprint density at radius 3 is 1.95 bits per heavy atom. The Balaban J connectivity index is 3.44. The second-order valence-corrected chi connectivity index (χ2v) is 6.05. The van der Waals surface area contributed by atoms with Crippen LogP contribution in [-0.4, -0.2) is 52.7 Å². The molecule has 0 aliphatic rings. The molecule has 0 amide bonds. The molecule has 0 radical (unpaired) electrons. The molecule has 5 heteroatoms. The number of rotatable bonds is 11. The number of hydrogen-bond acceptors (Lipinski definition) is 5. The molecule has 20 heavy (non-hydrogen) atoms. The van der Waals surface area contributed by atoms with Crippen molar-refractivity contribution in [2.24, 2.45) is 11.3 Å². The number of ether oxygens (including phenoxy) is 4. The van der Waals surface area contributed by atoms with Gasteiger partial charge in [0.05, 0.1) is 39.0 Å². The van der Waals surface area contributed by atoms with Gasteiger partial charge in [-0.05, 0) is 11.8 Å². The summed E-state index contributed by atoms with van der Waals surface area (Å²) in [6, 6.07) is 0. The second-order valence-electron chi connectivity index (χ2n) is 6.05. The van der Waals surface area contributed by atoms with Crippen molar-refractivity contribution >= 4 is 5.97 Å². The Hall–Kier alpha value is -0.650. The lowest BCUT2D eigenvalue weighted by atomic mass is 9.85. The van der Waals surface area contributed by atoms with E-state index in [0.717, 1.165) is 6.42 Å². The Labute approximate surface area is 122 Å². The molecule has 0 rings (SSSR count). The lowest BCUT2D eigenvalue weighted by Gasteiger charge is -2.22. The van der Waals surface area contributed by atoms with E-state index in [9.17, 15) is 4.79 Å². The summed E-state index contributed by atoms with van der Waals surface area (Å²) in [6.45, 7) is 11.1. The van der Waals surface area contributed by atoms with Gasteiger partial charge in [0, 0.05) is 7.11 Å². The molecule has 1 atom stereocenters. The van der Waals surface area contributed by atoms with Crippen molar-refractivity contribution in [2.75, 3.05) is 46.8 Å². The zero-order valence-corrected chi connectivity index (χ0v) is 13.6. The topological polar surface area (TPSA) is 54.0 Å². The Kier molecular flexibility index (Phi) is 10.7. The van der Waals surface area contributed by atoms with Crippen LogP contribution in [0.3, 0.4) is 0 Å². The van der Waals surface area contributed by atoms with E-state index in [2.05, 4.69) is 20.8 Å². The van der Waals surface area contributed by atoms with E-state index in [0.29, 0.717) is 39.6 Å². The number of methoxy groups -OCH3 is 1. The van der Waals surface area contributed by atoms with Crippen LogP contribution >= 0.6 is 0 Å². The highest BCUT2D eigenvalue weighted by atomic mass is 16.6. The van der Waals surface area contributed by atoms with Gasteiger partial charge in [-0.1, -0.05) is 27.7 Å². The fourth-order valence-corrected chi connectivity index (χ4v) is 1.81. The highest BCUT2D eigenvalue weighted by Crippen LogP contribution is 2.24. The highest BCUT2D eigenvalue weighted by Gasteiger charge is 2.21. The first-order chi connectivity index (χ1) is 9.37. The van der Waals surface area contributed by atoms with E-state index >= 15 is 0 Å². The van der Waals surface area contributed by atoms with Gasteiger partial charge in [0.2, 0.25) is 0 Å². The van der Waals surface area contributed by atoms with Crippen LogP contribution in [0.5, 0.6) is 0 Å². The first-order valence-corrected chi connectivity index (χ1v) is 7.18. The van der Waals surface area contributed by atoms with E-state index in [-0.39, 0.29) is 17.3 Å². The molecule has 0 aromatic carbocycles. The largest absolute Gasteiger partial charge is 0.463 e. The average molecular weight is 290 g/mol. The molecule has 0 spiro atoms. The SMILES string of the molecule is COCCOCCOCCOC(=O)[C@@H](C)CC(C)(C)C. The maximum atomic E-state index is 11.7. The molecule has 0 saturated carbocycles. The van der Waals surface area contributed by atoms with Gasteiger partial charge in [0.15, 0.2) is 0 Å². The van der Waals surface area contributed by atoms with Crippen molar-refractivity contribution in [1.29, 1.82) is 0 Å². The molecular formula is C15H30O5. The first kappa shape index (κ1) is 19.4. The van der Waals surface area contributed by atoms with Crippen LogP contribution in [0.2, 0.25) is 0 Å². The summed E-state index contributed by atoms with van der Waals surface area (Å²) in [5.41, 5.74) is 0.133. The third-order valence-electron chi connectivity index (χ3n) is 2.60. The fraction of sp³-hybridized carbons (Fsp3) is 0.933. The van der Waals surface area contributed by atoms with E-state index in [1.54, 1.807) is 7.11 Å². The maximum absolute atomic E-state index is 11.7. The van der Waals surface area contributed by atoms with Gasteiger partial charge in [-0.15, -0.1) is 0 Å². The molecule has 0 N–H and O–H groups in total. The molecule has 0 aliphatic carbocycles. The van der Waals surface area contributed by atoms with E-state index in [4.69, 9.17) is 18.9 Å². The molecule has 0 fully saturated rings. The summed E-state index contributed by atoms with van der Waals surface area (Å²) in [4.78, 5) is 11.7. The van der Waals surface area contributed by atoms with Crippen LogP contribution in [0.1, 0.15) is 34.1 Å². The molecule has 0 saturated heterocycles. The zero-order chi connectivity index (χ0) is 15.4. The Bertz CT molecular complexity index is 247. The monoisotopic (exact) mass is 290 g/mol. The van der Waals surface area contributed by atoms with Gasteiger partial charge >= 0.3 is 5.97 Å². The third kappa shape index (κ3) is 12.4. The molecule has 5 nitrogen and oxygen atoms in total. The molecule has 0 aromatic heterocycles. The van der Waals surface area contributed by atoms with Gasteiger partial charge in [-0.3, -0.25) is 4.79 Å². The molecule has 0 heterocycles.